The number of hydrogen-bond donors (Lipinski definition) is 1. The monoisotopic (exact) mass is 458 g/mol. The number of aromatic nitrogens is 1. The minimum absolute atomic E-state index is 0.208. The van der Waals surface area contributed by atoms with Crippen molar-refractivity contribution in [1.82, 2.24) is 19.9 Å². The van der Waals surface area contributed by atoms with Crippen molar-refractivity contribution < 1.29 is 19.0 Å². The summed E-state index contributed by atoms with van der Waals surface area (Å²) in [7, 11) is 0. The van der Waals surface area contributed by atoms with E-state index in [9.17, 15) is 14.3 Å². The normalized spacial score (nSPS) is 16.2. The van der Waals surface area contributed by atoms with Crippen LogP contribution >= 0.6 is 11.3 Å². The first-order valence-electron chi connectivity index (χ1n) is 10.6. The van der Waals surface area contributed by atoms with Crippen LogP contribution in [0.25, 0.3) is 10.2 Å². The number of carbonyl (C=O) groups excluding carboxylic acids is 1. The van der Waals surface area contributed by atoms with Crippen molar-refractivity contribution in [3.05, 3.63) is 58.9 Å². The van der Waals surface area contributed by atoms with Crippen LogP contribution in [-0.4, -0.2) is 76.9 Å². The van der Waals surface area contributed by atoms with E-state index in [0.29, 0.717) is 31.9 Å². The van der Waals surface area contributed by atoms with Gasteiger partial charge in [0.25, 0.3) is 0 Å². The Kier molecular flexibility index (Phi) is 7.31. The maximum absolute atomic E-state index is 13.1. The fourth-order valence-corrected chi connectivity index (χ4v) is 4.62. The van der Waals surface area contributed by atoms with Crippen molar-refractivity contribution in [2.75, 3.05) is 39.3 Å². The highest BCUT2D eigenvalue weighted by Gasteiger charge is 2.23. The fraction of sp³-hybridized carbons (Fsp3) is 0.391. The zero-order valence-corrected chi connectivity index (χ0v) is 18.8. The molecule has 1 fully saturated rings. The molecule has 9 heteroatoms. The van der Waals surface area contributed by atoms with Gasteiger partial charge in [0.1, 0.15) is 24.3 Å². The molecule has 2 aromatic carbocycles. The van der Waals surface area contributed by atoms with Gasteiger partial charge in [0.2, 0.25) is 6.41 Å². The summed E-state index contributed by atoms with van der Waals surface area (Å²) in [5, 5.41) is 15.1. The number of rotatable bonds is 9. The first kappa shape index (κ1) is 22.6. The second-order valence-corrected chi connectivity index (χ2v) is 9.15. The highest BCUT2D eigenvalue weighted by Crippen LogP contribution is 2.25. The van der Waals surface area contributed by atoms with Crippen molar-refractivity contribution in [2.45, 2.75) is 19.6 Å². The summed E-state index contributed by atoms with van der Waals surface area (Å²) in [6, 6.07) is 12.0. The average Bonchev–Trinajstić information content (AvgIpc) is 3.17. The van der Waals surface area contributed by atoms with Gasteiger partial charge in [-0.3, -0.25) is 14.7 Å². The fourth-order valence-electron chi connectivity index (χ4n) is 3.81. The SMILES string of the molecule is Cc1nc2cc(OC[C@H](O)CN3CCN(N(C=O)Cc4ccc(F)cc4)CC3)ccc2s1. The molecule has 1 aromatic heterocycles. The van der Waals surface area contributed by atoms with Crippen molar-refractivity contribution in [2.24, 2.45) is 0 Å². The molecule has 1 amide bonds. The lowest BCUT2D eigenvalue weighted by Gasteiger charge is -2.39. The summed E-state index contributed by atoms with van der Waals surface area (Å²) in [6.45, 7) is 5.91. The van der Waals surface area contributed by atoms with Crippen LogP contribution in [0.15, 0.2) is 42.5 Å². The Bertz CT molecular complexity index is 1040. The number of thiazole rings is 1. The molecule has 170 valence electrons. The van der Waals surface area contributed by atoms with E-state index in [1.165, 1.54) is 12.1 Å². The number of halogens is 1. The minimum Gasteiger partial charge on any atom is -0.491 e. The first-order chi connectivity index (χ1) is 15.5. The van der Waals surface area contributed by atoms with Crippen molar-refractivity contribution in [1.29, 1.82) is 0 Å². The highest BCUT2D eigenvalue weighted by atomic mass is 32.1. The molecule has 1 aliphatic rings. The van der Waals surface area contributed by atoms with Crippen molar-refractivity contribution in [3.63, 3.8) is 0 Å². The maximum atomic E-state index is 13.1. The number of hydrazine groups is 1. The van der Waals surface area contributed by atoms with Gasteiger partial charge in [-0.25, -0.2) is 14.4 Å². The van der Waals surface area contributed by atoms with Crippen LogP contribution in [0.1, 0.15) is 10.6 Å². The molecule has 0 aliphatic carbocycles. The smallest absolute Gasteiger partial charge is 0.224 e. The quantitative estimate of drug-likeness (QED) is 0.498. The van der Waals surface area contributed by atoms with Gasteiger partial charge < -0.3 is 9.84 Å². The summed E-state index contributed by atoms with van der Waals surface area (Å²) in [6.07, 6.45) is 0.193. The van der Waals surface area contributed by atoms with E-state index in [2.05, 4.69) is 9.88 Å². The molecule has 3 aromatic rings. The molecular weight excluding hydrogens is 431 g/mol. The number of nitrogens with zero attached hydrogens (tertiary/aromatic N) is 4. The number of carbonyl (C=O) groups is 1. The summed E-state index contributed by atoms with van der Waals surface area (Å²) in [4.78, 5) is 18.2. The molecule has 1 saturated heterocycles. The predicted molar refractivity (Wildman–Crippen MR) is 122 cm³/mol. The number of amides is 1. The molecule has 0 radical (unpaired) electrons. The number of aliphatic hydroxyl groups is 1. The van der Waals surface area contributed by atoms with E-state index in [4.69, 9.17) is 4.74 Å². The second kappa shape index (κ2) is 10.4. The van der Waals surface area contributed by atoms with Gasteiger partial charge in [-0.15, -0.1) is 11.3 Å². The molecule has 2 heterocycles. The van der Waals surface area contributed by atoms with Gasteiger partial charge in [0.15, 0.2) is 0 Å². The molecule has 1 atom stereocenters. The van der Waals surface area contributed by atoms with Gasteiger partial charge in [-0.05, 0) is 36.8 Å². The molecule has 4 rings (SSSR count). The van der Waals surface area contributed by atoms with Gasteiger partial charge in [-0.2, -0.15) is 0 Å². The summed E-state index contributed by atoms with van der Waals surface area (Å²) in [5.41, 5.74) is 1.79. The lowest BCUT2D eigenvalue weighted by atomic mass is 10.2. The van der Waals surface area contributed by atoms with Crippen LogP contribution in [0.5, 0.6) is 5.75 Å². The zero-order valence-electron chi connectivity index (χ0n) is 18.0. The van der Waals surface area contributed by atoms with Gasteiger partial charge in [-0.1, -0.05) is 12.1 Å². The number of aryl methyl sites for hydroxylation is 1. The third kappa shape index (κ3) is 5.80. The van der Waals surface area contributed by atoms with E-state index < -0.39 is 6.10 Å². The largest absolute Gasteiger partial charge is 0.491 e. The highest BCUT2D eigenvalue weighted by molar-refractivity contribution is 7.18. The van der Waals surface area contributed by atoms with Crippen molar-refractivity contribution in [3.8, 4) is 5.75 Å². The Balaban J connectivity index is 1.22. The predicted octanol–water partition coefficient (Wildman–Crippen LogP) is 2.67. The van der Waals surface area contributed by atoms with E-state index in [0.717, 1.165) is 40.3 Å². The number of hydrogen-bond acceptors (Lipinski definition) is 7. The molecule has 32 heavy (non-hydrogen) atoms. The summed E-state index contributed by atoms with van der Waals surface area (Å²) < 4.78 is 20.0. The third-order valence-corrected chi connectivity index (χ3v) is 6.42. The van der Waals surface area contributed by atoms with Crippen LogP contribution in [-0.2, 0) is 11.3 Å². The van der Waals surface area contributed by atoms with Crippen LogP contribution in [0.2, 0.25) is 0 Å². The van der Waals surface area contributed by atoms with Gasteiger partial charge in [0.05, 0.1) is 21.8 Å². The maximum Gasteiger partial charge on any atom is 0.224 e. The Morgan fingerprint density at radius 1 is 1.22 bits per heavy atom. The number of piperazine rings is 1. The van der Waals surface area contributed by atoms with Crippen LogP contribution in [0, 0.1) is 12.7 Å². The molecule has 7 nitrogen and oxygen atoms in total. The van der Waals surface area contributed by atoms with Crippen molar-refractivity contribution >= 4 is 28.0 Å². The average molecular weight is 459 g/mol. The molecule has 0 bridgehead atoms. The van der Waals surface area contributed by atoms with Crippen LogP contribution < -0.4 is 4.74 Å². The second-order valence-electron chi connectivity index (χ2n) is 7.91. The minimum atomic E-state index is -0.615. The van der Waals surface area contributed by atoms with E-state index in [1.807, 2.05) is 30.1 Å². The zero-order chi connectivity index (χ0) is 22.5. The third-order valence-electron chi connectivity index (χ3n) is 5.47. The molecule has 0 saturated carbocycles. The summed E-state index contributed by atoms with van der Waals surface area (Å²) in [5.74, 6) is 0.412. The Hall–Kier alpha value is -2.59. The topological polar surface area (TPSA) is 69.1 Å². The number of β-amino-alcohol motifs (C(OH)–C–C–N with tert-alkyl or cyclic N) is 1. The Labute approximate surface area is 190 Å². The van der Waals surface area contributed by atoms with Gasteiger partial charge in [0, 0.05) is 38.8 Å². The number of benzene rings is 2. The lowest BCUT2D eigenvalue weighted by molar-refractivity contribution is -0.140. The number of ether oxygens (including phenoxy) is 1. The van der Waals surface area contributed by atoms with E-state index in [1.54, 1.807) is 28.5 Å². The Morgan fingerprint density at radius 2 is 1.97 bits per heavy atom. The molecular formula is C23H27FN4O3S. The first-order valence-corrected chi connectivity index (χ1v) is 11.4. The van der Waals surface area contributed by atoms with E-state index in [-0.39, 0.29) is 12.4 Å². The number of aliphatic hydroxyl groups excluding tert-OH is 1. The van der Waals surface area contributed by atoms with Crippen LogP contribution in [0.4, 0.5) is 4.39 Å². The summed E-state index contributed by atoms with van der Waals surface area (Å²) >= 11 is 1.65. The van der Waals surface area contributed by atoms with Gasteiger partial charge >= 0.3 is 0 Å². The van der Waals surface area contributed by atoms with E-state index >= 15 is 0 Å². The molecule has 1 aliphatic heterocycles. The molecule has 0 unspecified atom stereocenters. The number of fused-ring (bicyclic) bond motifs is 1. The molecule has 0 spiro atoms. The Morgan fingerprint density at radius 3 is 2.69 bits per heavy atom. The van der Waals surface area contributed by atoms with Crippen LogP contribution in [0.3, 0.4) is 0 Å². The standard InChI is InChI=1S/C23H27FN4O3S/c1-17-25-22-12-21(6-7-23(22)32-17)31-15-20(30)14-26-8-10-27(11-9-26)28(16-29)13-18-2-4-19(24)5-3-18/h2-7,12,16,20,30H,8-11,13-15H2,1H3/t20-/m1/s1. The lowest BCUT2D eigenvalue weighted by Crippen LogP contribution is -2.54. The molecule has 1 N–H and O–H groups in total.